The molecule has 2 nitrogen and oxygen atoms in total. The predicted molar refractivity (Wildman–Crippen MR) is 106 cm³/mol. The van der Waals surface area contributed by atoms with E-state index in [0.717, 1.165) is 24.0 Å². The number of hydrogen-bond donors (Lipinski definition) is 2. The second-order valence-electron chi connectivity index (χ2n) is 6.58. The van der Waals surface area contributed by atoms with Crippen molar-refractivity contribution in [3.05, 3.63) is 70.3 Å². The number of rotatable bonds is 6. The molecule has 132 valence electrons. The Bertz CT molecular complexity index is 776. The van der Waals surface area contributed by atoms with Gasteiger partial charge in [0.15, 0.2) is 0 Å². The highest BCUT2D eigenvalue weighted by Gasteiger charge is 2.10. The standard InChI is InChI=1S/C22H25ClO2/c1-15(2)6-4-7-16(3)10-11-20-21(24)13-18(14-22(20)25)17-8-5-9-19(23)12-17/h5-6,8-10,12-14,24-25H,4,7,11H2,1-3H3/b16-10+. The number of hydrogen-bond acceptors (Lipinski definition) is 2. The first-order valence-electron chi connectivity index (χ1n) is 8.46. The van der Waals surface area contributed by atoms with Gasteiger partial charge in [0.1, 0.15) is 11.5 Å². The zero-order chi connectivity index (χ0) is 18.4. The van der Waals surface area contributed by atoms with Crippen LogP contribution in [0.15, 0.2) is 59.7 Å². The summed E-state index contributed by atoms with van der Waals surface area (Å²) in [6.07, 6.45) is 6.77. The molecule has 0 aliphatic carbocycles. The third-order valence-electron chi connectivity index (χ3n) is 4.11. The Kier molecular flexibility index (Phi) is 6.72. The van der Waals surface area contributed by atoms with E-state index in [1.807, 2.05) is 18.2 Å². The number of allylic oxidation sites excluding steroid dienone is 4. The lowest BCUT2D eigenvalue weighted by Gasteiger charge is -2.10. The molecule has 0 spiro atoms. The third-order valence-corrected chi connectivity index (χ3v) is 4.34. The van der Waals surface area contributed by atoms with E-state index in [-0.39, 0.29) is 11.5 Å². The Morgan fingerprint density at radius 3 is 2.24 bits per heavy atom. The van der Waals surface area contributed by atoms with Crippen molar-refractivity contribution in [2.45, 2.75) is 40.0 Å². The van der Waals surface area contributed by atoms with Crippen molar-refractivity contribution in [3.8, 4) is 22.6 Å². The van der Waals surface area contributed by atoms with Gasteiger partial charge in [0, 0.05) is 10.6 Å². The van der Waals surface area contributed by atoms with Gasteiger partial charge in [-0.15, -0.1) is 0 Å². The van der Waals surface area contributed by atoms with Crippen molar-refractivity contribution in [2.24, 2.45) is 0 Å². The van der Waals surface area contributed by atoms with Crippen LogP contribution in [-0.2, 0) is 6.42 Å². The molecule has 0 aliphatic rings. The summed E-state index contributed by atoms with van der Waals surface area (Å²) >= 11 is 6.01. The van der Waals surface area contributed by atoms with Crippen molar-refractivity contribution >= 4 is 11.6 Å². The summed E-state index contributed by atoms with van der Waals surface area (Å²) in [5.74, 6) is 0.201. The third kappa shape index (κ3) is 5.68. The number of aromatic hydroxyl groups is 2. The fourth-order valence-electron chi connectivity index (χ4n) is 2.65. The fourth-order valence-corrected chi connectivity index (χ4v) is 2.84. The molecule has 2 aromatic carbocycles. The molecule has 0 heterocycles. The average Bonchev–Trinajstić information content (AvgIpc) is 2.53. The van der Waals surface area contributed by atoms with E-state index in [4.69, 9.17) is 11.6 Å². The van der Waals surface area contributed by atoms with E-state index in [2.05, 4.69) is 32.9 Å². The van der Waals surface area contributed by atoms with Gasteiger partial charge in [0.25, 0.3) is 0 Å². The van der Waals surface area contributed by atoms with Crippen LogP contribution in [-0.4, -0.2) is 10.2 Å². The molecule has 0 unspecified atom stereocenters. The maximum atomic E-state index is 10.3. The van der Waals surface area contributed by atoms with Gasteiger partial charge >= 0.3 is 0 Å². The molecule has 2 aromatic rings. The molecule has 0 aromatic heterocycles. The van der Waals surface area contributed by atoms with Gasteiger partial charge in [-0.05, 0) is 75.4 Å². The van der Waals surface area contributed by atoms with Gasteiger partial charge in [0.05, 0.1) is 0 Å². The quantitative estimate of drug-likeness (QED) is 0.568. The molecule has 0 radical (unpaired) electrons. The SMILES string of the molecule is CC(C)=CCC/C(C)=C/Cc1c(O)cc(-c2cccc(Cl)c2)cc1O. The van der Waals surface area contributed by atoms with E-state index in [1.165, 1.54) is 11.1 Å². The van der Waals surface area contributed by atoms with Gasteiger partial charge < -0.3 is 10.2 Å². The maximum absolute atomic E-state index is 10.3. The molecule has 0 atom stereocenters. The van der Waals surface area contributed by atoms with Gasteiger partial charge in [-0.3, -0.25) is 0 Å². The first kappa shape index (κ1) is 19.1. The molecule has 0 saturated heterocycles. The highest BCUT2D eigenvalue weighted by molar-refractivity contribution is 6.30. The van der Waals surface area contributed by atoms with Gasteiger partial charge in [-0.1, -0.05) is 47.0 Å². The number of phenols is 2. The Hall–Kier alpha value is -2.19. The topological polar surface area (TPSA) is 40.5 Å². The van der Waals surface area contributed by atoms with Crippen LogP contribution in [0.3, 0.4) is 0 Å². The summed E-state index contributed by atoms with van der Waals surface area (Å²) in [5.41, 5.74) is 4.71. The van der Waals surface area contributed by atoms with E-state index in [1.54, 1.807) is 18.2 Å². The van der Waals surface area contributed by atoms with Crippen LogP contribution in [0.1, 0.15) is 39.2 Å². The average molecular weight is 357 g/mol. The summed E-state index contributed by atoms with van der Waals surface area (Å²) in [7, 11) is 0. The highest BCUT2D eigenvalue weighted by atomic mass is 35.5. The Morgan fingerprint density at radius 1 is 0.960 bits per heavy atom. The Morgan fingerprint density at radius 2 is 1.64 bits per heavy atom. The zero-order valence-corrected chi connectivity index (χ0v) is 15.8. The van der Waals surface area contributed by atoms with Crippen molar-refractivity contribution < 1.29 is 10.2 Å². The Labute approximate surface area is 155 Å². The molecule has 0 aliphatic heterocycles. The first-order valence-corrected chi connectivity index (χ1v) is 8.84. The fraction of sp³-hybridized carbons (Fsp3) is 0.273. The summed E-state index contributed by atoms with van der Waals surface area (Å²) in [6.45, 7) is 6.26. The zero-order valence-electron chi connectivity index (χ0n) is 15.0. The maximum Gasteiger partial charge on any atom is 0.123 e. The van der Waals surface area contributed by atoms with Gasteiger partial charge in [-0.2, -0.15) is 0 Å². The summed E-state index contributed by atoms with van der Waals surface area (Å²) in [5, 5.41) is 21.3. The van der Waals surface area contributed by atoms with E-state index in [9.17, 15) is 10.2 Å². The van der Waals surface area contributed by atoms with Gasteiger partial charge in [0.2, 0.25) is 0 Å². The molecule has 0 bridgehead atoms. The Balaban J connectivity index is 2.16. The minimum absolute atomic E-state index is 0.100. The van der Waals surface area contributed by atoms with E-state index >= 15 is 0 Å². The number of halogens is 1. The predicted octanol–water partition coefficient (Wildman–Crippen LogP) is 6.65. The van der Waals surface area contributed by atoms with Gasteiger partial charge in [-0.25, -0.2) is 0 Å². The van der Waals surface area contributed by atoms with Crippen LogP contribution < -0.4 is 0 Å². The molecular formula is C22H25ClO2. The minimum Gasteiger partial charge on any atom is -0.507 e. The molecule has 25 heavy (non-hydrogen) atoms. The second-order valence-corrected chi connectivity index (χ2v) is 7.01. The normalized spacial score (nSPS) is 11.4. The molecule has 2 N–H and O–H groups in total. The first-order chi connectivity index (χ1) is 11.9. The smallest absolute Gasteiger partial charge is 0.123 e. The van der Waals surface area contributed by atoms with Crippen LogP contribution in [0.25, 0.3) is 11.1 Å². The van der Waals surface area contributed by atoms with Crippen LogP contribution >= 0.6 is 11.6 Å². The van der Waals surface area contributed by atoms with Crippen LogP contribution in [0.2, 0.25) is 5.02 Å². The second kappa shape index (κ2) is 8.77. The lowest BCUT2D eigenvalue weighted by Crippen LogP contribution is -1.88. The van der Waals surface area contributed by atoms with Crippen LogP contribution in [0, 0.1) is 0 Å². The molecule has 0 saturated carbocycles. The van der Waals surface area contributed by atoms with Crippen molar-refractivity contribution in [1.29, 1.82) is 0 Å². The van der Waals surface area contributed by atoms with Crippen molar-refractivity contribution in [3.63, 3.8) is 0 Å². The minimum atomic E-state index is 0.100. The highest BCUT2D eigenvalue weighted by Crippen LogP contribution is 2.35. The summed E-state index contributed by atoms with van der Waals surface area (Å²) in [4.78, 5) is 0. The monoisotopic (exact) mass is 356 g/mol. The van der Waals surface area contributed by atoms with Crippen molar-refractivity contribution in [1.82, 2.24) is 0 Å². The van der Waals surface area contributed by atoms with Crippen LogP contribution in [0.4, 0.5) is 0 Å². The van der Waals surface area contributed by atoms with E-state index in [0.29, 0.717) is 17.0 Å². The van der Waals surface area contributed by atoms with Crippen molar-refractivity contribution in [2.75, 3.05) is 0 Å². The lowest BCUT2D eigenvalue weighted by atomic mass is 9.99. The number of phenolic OH excluding ortho intramolecular Hbond substituents is 2. The van der Waals surface area contributed by atoms with Crippen LogP contribution in [0.5, 0.6) is 11.5 Å². The lowest BCUT2D eigenvalue weighted by molar-refractivity contribution is 0.441. The summed E-state index contributed by atoms with van der Waals surface area (Å²) in [6, 6.07) is 10.7. The molecular weight excluding hydrogens is 332 g/mol. The largest absolute Gasteiger partial charge is 0.507 e. The molecule has 0 fully saturated rings. The molecule has 3 heteroatoms. The molecule has 0 amide bonds. The molecule has 2 rings (SSSR count). The summed E-state index contributed by atoms with van der Waals surface area (Å²) < 4.78 is 0. The number of benzene rings is 2. The van der Waals surface area contributed by atoms with E-state index < -0.39 is 0 Å².